The van der Waals surface area contributed by atoms with Crippen molar-refractivity contribution in [3.63, 3.8) is 0 Å². The van der Waals surface area contributed by atoms with Gasteiger partial charge in [-0.1, -0.05) is 0 Å². The molecule has 0 aliphatic rings. The minimum atomic E-state index is -0.948. The molecule has 0 bridgehead atoms. The van der Waals surface area contributed by atoms with Crippen LogP contribution in [0.25, 0.3) is 11.1 Å². The summed E-state index contributed by atoms with van der Waals surface area (Å²) in [7, 11) is 0. The van der Waals surface area contributed by atoms with Gasteiger partial charge < -0.3 is 15.3 Å². The van der Waals surface area contributed by atoms with Gasteiger partial charge in [-0.3, -0.25) is 9.78 Å². The fraction of sp³-hybridized carbons (Fsp3) is 0.200. The van der Waals surface area contributed by atoms with Crippen molar-refractivity contribution in [3.05, 3.63) is 30.2 Å². The highest BCUT2D eigenvalue weighted by Gasteiger charge is 2.15. The Balaban J connectivity index is 2.32. The number of aromatic nitrogens is 1. The smallest absolute Gasteiger partial charge is 0.305 e. The lowest BCUT2D eigenvalue weighted by molar-refractivity contribution is -0.137. The fourth-order valence-electron chi connectivity index (χ4n) is 1.36. The number of carbonyl (C=O) groups is 1. The Labute approximate surface area is 85.5 Å². The van der Waals surface area contributed by atoms with Gasteiger partial charge in [0.25, 0.3) is 0 Å². The van der Waals surface area contributed by atoms with E-state index in [1.807, 2.05) is 0 Å². The lowest BCUT2D eigenvalue weighted by atomic mass is 10.2. The summed E-state index contributed by atoms with van der Waals surface area (Å²) >= 11 is 0. The van der Waals surface area contributed by atoms with Gasteiger partial charge in [0, 0.05) is 12.3 Å². The number of hydrogen-bond acceptors (Lipinski definition) is 4. The third-order valence-electron chi connectivity index (χ3n) is 2.07. The first-order chi connectivity index (χ1) is 7.16. The van der Waals surface area contributed by atoms with E-state index in [-0.39, 0.29) is 6.42 Å². The van der Waals surface area contributed by atoms with E-state index in [2.05, 4.69) is 4.98 Å². The van der Waals surface area contributed by atoms with Crippen LogP contribution in [0.1, 0.15) is 18.2 Å². The molecule has 0 saturated carbocycles. The molecule has 2 rings (SSSR count). The van der Waals surface area contributed by atoms with Crippen molar-refractivity contribution in [3.8, 4) is 0 Å². The van der Waals surface area contributed by atoms with Crippen molar-refractivity contribution >= 4 is 17.1 Å². The highest BCUT2D eigenvalue weighted by Crippen LogP contribution is 2.22. The van der Waals surface area contributed by atoms with Crippen LogP contribution in [0.15, 0.2) is 28.8 Å². The Morgan fingerprint density at radius 2 is 2.47 bits per heavy atom. The number of nitrogens with two attached hydrogens (primary N) is 1. The van der Waals surface area contributed by atoms with Crippen molar-refractivity contribution in [1.29, 1.82) is 0 Å². The molecule has 1 atom stereocenters. The van der Waals surface area contributed by atoms with Crippen LogP contribution in [-0.4, -0.2) is 16.1 Å². The standard InChI is InChI=1S/C10H10N2O3/c11-6(4-10(13)14)9-5-7-8(15-9)2-1-3-12-7/h1-3,5-6H,4,11H2,(H,13,14). The van der Waals surface area contributed by atoms with Crippen molar-refractivity contribution in [1.82, 2.24) is 4.98 Å². The molecule has 0 amide bonds. The van der Waals surface area contributed by atoms with E-state index in [1.54, 1.807) is 24.4 Å². The van der Waals surface area contributed by atoms with E-state index in [1.165, 1.54) is 0 Å². The maximum Gasteiger partial charge on any atom is 0.305 e. The second kappa shape index (κ2) is 3.70. The lowest BCUT2D eigenvalue weighted by Crippen LogP contribution is -2.14. The molecule has 0 spiro atoms. The number of carboxylic acids is 1. The molecular formula is C10H10N2O3. The molecule has 0 radical (unpaired) electrons. The maximum absolute atomic E-state index is 10.5. The van der Waals surface area contributed by atoms with E-state index in [0.717, 1.165) is 0 Å². The predicted molar refractivity (Wildman–Crippen MR) is 53.2 cm³/mol. The SMILES string of the molecule is NC(CC(=O)O)c1cc2ncccc2o1. The Kier molecular flexibility index (Phi) is 2.39. The highest BCUT2D eigenvalue weighted by molar-refractivity contribution is 5.73. The molecule has 5 nitrogen and oxygen atoms in total. The van der Waals surface area contributed by atoms with E-state index in [0.29, 0.717) is 16.9 Å². The van der Waals surface area contributed by atoms with Gasteiger partial charge in [0.15, 0.2) is 5.58 Å². The van der Waals surface area contributed by atoms with Crippen LogP contribution in [0.2, 0.25) is 0 Å². The van der Waals surface area contributed by atoms with Gasteiger partial charge in [-0.2, -0.15) is 0 Å². The summed E-state index contributed by atoms with van der Waals surface area (Å²) in [6, 6.07) is 4.55. The van der Waals surface area contributed by atoms with Gasteiger partial charge in [0.1, 0.15) is 11.3 Å². The third kappa shape index (κ3) is 1.97. The first kappa shape index (κ1) is 9.67. The maximum atomic E-state index is 10.5. The number of nitrogens with zero attached hydrogens (tertiary/aromatic N) is 1. The van der Waals surface area contributed by atoms with Gasteiger partial charge in [-0.25, -0.2) is 0 Å². The van der Waals surface area contributed by atoms with Crippen LogP contribution < -0.4 is 5.73 Å². The molecule has 0 fully saturated rings. The molecule has 2 aromatic rings. The zero-order valence-corrected chi connectivity index (χ0v) is 7.88. The van der Waals surface area contributed by atoms with E-state index in [9.17, 15) is 4.79 Å². The fourth-order valence-corrected chi connectivity index (χ4v) is 1.36. The average Bonchev–Trinajstić information content (AvgIpc) is 2.59. The Morgan fingerprint density at radius 1 is 1.67 bits per heavy atom. The minimum Gasteiger partial charge on any atom is -0.481 e. The molecule has 78 valence electrons. The monoisotopic (exact) mass is 206 g/mol. The largest absolute Gasteiger partial charge is 0.481 e. The molecule has 15 heavy (non-hydrogen) atoms. The van der Waals surface area contributed by atoms with Gasteiger partial charge in [0.05, 0.1) is 12.5 Å². The van der Waals surface area contributed by atoms with Gasteiger partial charge in [0.2, 0.25) is 0 Å². The lowest BCUT2D eigenvalue weighted by Gasteiger charge is -2.03. The van der Waals surface area contributed by atoms with Crippen LogP contribution in [0.4, 0.5) is 0 Å². The van der Waals surface area contributed by atoms with Crippen molar-refractivity contribution < 1.29 is 14.3 Å². The summed E-state index contributed by atoms with van der Waals surface area (Å²) in [5.74, 6) is -0.498. The zero-order chi connectivity index (χ0) is 10.8. The summed E-state index contributed by atoms with van der Waals surface area (Å²) < 4.78 is 5.38. The summed E-state index contributed by atoms with van der Waals surface area (Å²) in [5, 5.41) is 8.58. The van der Waals surface area contributed by atoms with E-state index >= 15 is 0 Å². The normalized spacial score (nSPS) is 12.9. The highest BCUT2D eigenvalue weighted by atomic mass is 16.4. The van der Waals surface area contributed by atoms with Crippen LogP contribution >= 0.6 is 0 Å². The molecule has 2 heterocycles. The molecule has 0 aromatic carbocycles. The summed E-state index contributed by atoms with van der Waals surface area (Å²) in [6.07, 6.45) is 1.49. The third-order valence-corrected chi connectivity index (χ3v) is 2.07. The Bertz CT molecular complexity index is 459. The Hall–Kier alpha value is -1.88. The minimum absolute atomic E-state index is 0.153. The van der Waals surface area contributed by atoms with Crippen LogP contribution in [0, 0.1) is 0 Å². The number of carboxylic acid groups (broad SMARTS) is 1. The zero-order valence-electron chi connectivity index (χ0n) is 7.88. The quantitative estimate of drug-likeness (QED) is 0.790. The van der Waals surface area contributed by atoms with Gasteiger partial charge >= 0.3 is 5.97 Å². The first-order valence-corrected chi connectivity index (χ1v) is 4.48. The summed E-state index contributed by atoms with van der Waals surface area (Å²) in [6.45, 7) is 0. The summed E-state index contributed by atoms with van der Waals surface area (Å²) in [4.78, 5) is 14.5. The molecule has 5 heteroatoms. The summed E-state index contributed by atoms with van der Waals surface area (Å²) in [5.41, 5.74) is 6.96. The predicted octanol–water partition coefficient (Wildman–Crippen LogP) is 1.30. The molecule has 0 aliphatic carbocycles. The number of pyridine rings is 1. The average molecular weight is 206 g/mol. The van der Waals surface area contributed by atoms with Crippen LogP contribution in [0.5, 0.6) is 0 Å². The number of aliphatic carboxylic acids is 1. The van der Waals surface area contributed by atoms with Gasteiger partial charge in [-0.05, 0) is 12.1 Å². The van der Waals surface area contributed by atoms with Crippen molar-refractivity contribution in [2.45, 2.75) is 12.5 Å². The van der Waals surface area contributed by atoms with Gasteiger partial charge in [-0.15, -0.1) is 0 Å². The molecule has 0 aliphatic heterocycles. The molecule has 0 saturated heterocycles. The molecular weight excluding hydrogens is 196 g/mol. The first-order valence-electron chi connectivity index (χ1n) is 4.48. The molecule has 1 unspecified atom stereocenters. The number of rotatable bonds is 3. The van der Waals surface area contributed by atoms with E-state index < -0.39 is 12.0 Å². The molecule has 3 N–H and O–H groups in total. The second-order valence-electron chi connectivity index (χ2n) is 3.24. The van der Waals surface area contributed by atoms with Crippen LogP contribution in [0.3, 0.4) is 0 Å². The van der Waals surface area contributed by atoms with E-state index in [4.69, 9.17) is 15.3 Å². The number of hydrogen-bond donors (Lipinski definition) is 2. The van der Waals surface area contributed by atoms with Crippen LogP contribution in [-0.2, 0) is 4.79 Å². The van der Waals surface area contributed by atoms with Crippen molar-refractivity contribution in [2.75, 3.05) is 0 Å². The molecule has 2 aromatic heterocycles. The van der Waals surface area contributed by atoms with Crippen molar-refractivity contribution in [2.24, 2.45) is 5.73 Å². The number of fused-ring (bicyclic) bond motifs is 1. The number of furan rings is 1. The second-order valence-corrected chi connectivity index (χ2v) is 3.24. The Morgan fingerprint density at radius 3 is 3.13 bits per heavy atom. The topological polar surface area (TPSA) is 89.4 Å².